The molecule has 0 aliphatic carbocycles. The van der Waals surface area contributed by atoms with Crippen LogP contribution in [-0.2, 0) is 6.54 Å². The van der Waals surface area contributed by atoms with Gasteiger partial charge in [0.05, 0.1) is 6.20 Å². The van der Waals surface area contributed by atoms with Crippen LogP contribution in [0.25, 0.3) is 11.5 Å². The van der Waals surface area contributed by atoms with E-state index in [9.17, 15) is 4.79 Å². The third-order valence-electron chi connectivity index (χ3n) is 1.82. The highest BCUT2D eigenvalue weighted by Crippen LogP contribution is 2.09. The Bertz CT molecular complexity index is 466. The topological polar surface area (TPSA) is 76.5 Å². The Kier molecular flexibility index (Phi) is 2.10. The van der Waals surface area contributed by atoms with Crippen LogP contribution in [0.1, 0.15) is 6.92 Å². The minimum atomic E-state index is -0.226. The van der Waals surface area contributed by atoms with Gasteiger partial charge in [0.2, 0.25) is 0 Å². The fourth-order valence-corrected chi connectivity index (χ4v) is 1.16. The molecule has 0 aliphatic heterocycles. The second kappa shape index (κ2) is 3.41. The summed E-state index contributed by atoms with van der Waals surface area (Å²) in [5.74, 6) is 0.656. The van der Waals surface area contributed by atoms with Crippen molar-refractivity contribution in [3.8, 4) is 11.5 Å². The van der Waals surface area contributed by atoms with Crippen LogP contribution in [0.4, 0.5) is 0 Å². The highest BCUT2D eigenvalue weighted by atomic mass is 16.1. The zero-order chi connectivity index (χ0) is 9.97. The maximum atomic E-state index is 10.8. The van der Waals surface area contributed by atoms with Gasteiger partial charge in [-0.3, -0.25) is 4.79 Å². The molecule has 6 heteroatoms. The molecule has 0 radical (unpaired) electrons. The molecular formula is C8H9N5O. The molecule has 2 rings (SSSR count). The average Bonchev–Trinajstić information content (AvgIpc) is 2.67. The van der Waals surface area contributed by atoms with Crippen LogP contribution in [0.2, 0.25) is 0 Å². The van der Waals surface area contributed by atoms with Crippen molar-refractivity contribution in [1.29, 1.82) is 0 Å². The molecule has 0 bridgehead atoms. The van der Waals surface area contributed by atoms with Crippen molar-refractivity contribution in [3.05, 3.63) is 29.1 Å². The van der Waals surface area contributed by atoms with Crippen LogP contribution >= 0.6 is 0 Å². The molecule has 1 N–H and O–H groups in total. The number of nitrogens with one attached hydrogen (secondary N) is 1. The number of H-pyrrole nitrogens is 1. The minimum Gasteiger partial charge on any atom is -0.325 e. The van der Waals surface area contributed by atoms with Gasteiger partial charge in [-0.1, -0.05) is 0 Å². The summed E-state index contributed by atoms with van der Waals surface area (Å²) in [6.45, 7) is 2.68. The fourth-order valence-electron chi connectivity index (χ4n) is 1.16. The van der Waals surface area contributed by atoms with Gasteiger partial charge in [-0.05, 0) is 6.92 Å². The van der Waals surface area contributed by atoms with Crippen LogP contribution in [0, 0.1) is 0 Å². The molecule has 0 saturated heterocycles. The maximum Gasteiger partial charge on any atom is 0.266 e. The van der Waals surface area contributed by atoms with Crippen LogP contribution in [0.5, 0.6) is 0 Å². The van der Waals surface area contributed by atoms with Crippen LogP contribution in [0.3, 0.4) is 0 Å². The maximum absolute atomic E-state index is 10.8. The van der Waals surface area contributed by atoms with Gasteiger partial charge in [0.15, 0.2) is 5.82 Å². The second-order valence-electron chi connectivity index (χ2n) is 2.70. The fraction of sp³-hybridized carbons (Fsp3) is 0.250. The Morgan fingerprint density at radius 2 is 2.36 bits per heavy atom. The SMILES string of the molecule is CCn1ncnc1-c1c[nH]c(=O)cn1. The van der Waals surface area contributed by atoms with E-state index >= 15 is 0 Å². The van der Waals surface area contributed by atoms with Crippen LogP contribution in [-0.4, -0.2) is 24.7 Å². The average molecular weight is 191 g/mol. The normalized spacial score (nSPS) is 10.4. The molecule has 0 atom stereocenters. The molecular weight excluding hydrogens is 182 g/mol. The zero-order valence-corrected chi connectivity index (χ0v) is 7.64. The summed E-state index contributed by atoms with van der Waals surface area (Å²) < 4.78 is 1.71. The Balaban J connectivity index is 2.49. The van der Waals surface area contributed by atoms with Crippen molar-refractivity contribution >= 4 is 0 Å². The summed E-state index contributed by atoms with van der Waals surface area (Å²) in [6.07, 6.45) is 4.22. The van der Waals surface area contributed by atoms with Gasteiger partial charge in [0.1, 0.15) is 12.0 Å². The third kappa shape index (κ3) is 1.41. The monoisotopic (exact) mass is 191 g/mol. The first-order chi connectivity index (χ1) is 6.81. The quantitative estimate of drug-likeness (QED) is 0.727. The van der Waals surface area contributed by atoms with Gasteiger partial charge in [0, 0.05) is 12.7 Å². The Labute approximate surface area is 79.6 Å². The number of hydrogen-bond donors (Lipinski definition) is 1. The number of aromatic nitrogens is 5. The molecule has 0 saturated carbocycles. The summed E-state index contributed by atoms with van der Waals surface area (Å²) >= 11 is 0. The number of rotatable bonds is 2. The van der Waals surface area contributed by atoms with Crippen molar-refractivity contribution in [3.63, 3.8) is 0 Å². The summed E-state index contributed by atoms with van der Waals surface area (Å²) in [7, 11) is 0. The molecule has 0 amide bonds. The van der Waals surface area contributed by atoms with E-state index in [4.69, 9.17) is 0 Å². The molecule has 0 fully saturated rings. The van der Waals surface area contributed by atoms with Gasteiger partial charge in [-0.15, -0.1) is 0 Å². The van der Waals surface area contributed by atoms with E-state index in [1.807, 2.05) is 6.92 Å². The molecule has 0 spiro atoms. The minimum absolute atomic E-state index is 0.226. The lowest BCUT2D eigenvalue weighted by Gasteiger charge is -2.00. The van der Waals surface area contributed by atoms with E-state index in [2.05, 4.69) is 20.1 Å². The molecule has 14 heavy (non-hydrogen) atoms. The number of aromatic amines is 1. The predicted octanol–water partition coefficient (Wildman–Crippen LogP) is 0.0483. The summed E-state index contributed by atoms with van der Waals surface area (Å²) in [5.41, 5.74) is 0.389. The van der Waals surface area contributed by atoms with Crippen molar-refractivity contribution in [2.45, 2.75) is 13.5 Å². The molecule has 0 unspecified atom stereocenters. The first-order valence-corrected chi connectivity index (χ1v) is 4.24. The lowest BCUT2D eigenvalue weighted by Crippen LogP contribution is -2.07. The largest absolute Gasteiger partial charge is 0.325 e. The van der Waals surface area contributed by atoms with Crippen LogP contribution in [0.15, 0.2) is 23.5 Å². The van der Waals surface area contributed by atoms with Gasteiger partial charge < -0.3 is 4.98 Å². The van der Waals surface area contributed by atoms with E-state index in [0.717, 1.165) is 6.54 Å². The molecule has 2 aromatic heterocycles. The first kappa shape index (κ1) is 8.61. The molecule has 2 aromatic rings. The molecule has 72 valence electrons. The number of hydrogen-bond acceptors (Lipinski definition) is 4. The van der Waals surface area contributed by atoms with Crippen molar-refractivity contribution in [2.24, 2.45) is 0 Å². The molecule has 0 aliphatic rings. The molecule has 0 aromatic carbocycles. The number of nitrogens with zero attached hydrogens (tertiary/aromatic N) is 4. The highest BCUT2D eigenvalue weighted by Gasteiger charge is 2.06. The lowest BCUT2D eigenvalue weighted by atomic mass is 10.4. The van der Waals surface area contributed by atoms with E-state index in [-0.39, 0.29) is 5.56 Å². The third-order valence-corrected chi connectivity index (χ3v) is 1.82. The van der Waals surface area contributed by atoms with E-state index in [1.54, 1.807) is 4.68 Å². The smallest absolute Gasteiger partial charge is 0.266 e. The first-order valence-electron chi connectivity index (χ1n) is 4.24. The van der Waals surface area contributed by atoms with Crippen molar-refractivity contribution in [1.82, 2.24) is 24.7 Å². The predicted molar refractivity (Wildman–Crippen MR) is 49.5 cm³/mol. The van der Waals surface area contributed by atoms with E-state index in [0.29, 0.717) is 11.5 Å². The summed E-state index contributed by atoms with van der Waals surface area (Å²) in [4.78, 5) is 21.3. The van der Waals surface area contributed by atoms with Gasteiger partial charge in [-0.2, -0.15) is 5.10 Å². The molecule has 6 nitrogen and oxygen atoms in total. The standard InChI is InChI=1S/C8H9N5O/c1-2-13-8(11-5-12-13)6-3-10-7(14)4-9-6/h3-5H,2H2,1H3,(H,10,14). The summed E-state index contributed by atoms with van der Waals surface area (Å²) in [6, 6.07) is 0. The summed E-state index contributed by atoms with van der Waals surface area (Å²) in [5, 5.41) is 4.01. The van der Waals surface area contributed by atoms with Gasteiger partial charge in [-0.25, -0.2) is 14.6 Å². The van der Waals surface area contributed by atoms with Crippen molar-refractivity contribution in [2.75, 3.05) is 0 Å². The zero-order valence-electron chi connectivity index (χ0n) is 7.64. The highest BCUT2D eigenvalue weighted by molar-refractivity contribution is 5.46. The second-order valence-corrected chi connectivity index (χ2v) is 2.70. The number of aryl methyl sites for hydroxylation is 1. The van der Waals surface area contributed by atoms with Crippen LogP contribution < -0.4 is 5.56 Å². The lowest BCUT2D eigenvalue weighted by molar-refractivity contribution is 0.664. The Hall–Kier alpha value is -1.98. The van der Waals surface area contributed by atoms with E-state index < -0.39 is 0 Å². The Morgan fingerprint density at radius 3 is 3.00 bits per heavy atom. The van der Waals surface area contributed by atoms with Gasteiger partial charge in [0.25, 0.3) is 5.56 Å². The van der Waals surface area contributed by atoms with Gasteiger partial charge >= 0.3 is 0 Å². The van der Waals surface area contributed by atoms with E-state index in [1.165, 1.54) is 18.7 Å². The molecule has 2 heterocycles. The van der Waals surface area contributed by atoms with Crippen molar-refractivity contribution < 1.29 is 0 Å². The Morgan fingerprint density at radius 1 is 1.50 bits per heavy atom.